The van der Waals surface area contributed by atoms with E-state index in [-0.39, 0.29) is 11.1 Å². The van der Waals surface area contributed by atoms with Crippen LogP contribution in [-0.2, 0) is 6.54 Å². The van der Waals surface area contributed by atoms with Crippen LogP contribution < -0.4 is 5.56 Å². The lowest BCUT2D eigenvalue weighted by Gasteiger charge is -2.47. The summed E-state index contributed by atoms with van der Waals surface area (Å²) >= 11 is 0. The number of fused-ring (bicyclic) bond motifs is 4. The lowest BCUT2D eigenvalue weighted by atomic mass is 9.81. The Balaban J connectivity index is 1.43. The first-order chi connectivity index (χ1) is 14.5. The molecule has 1 N–H and O–H groups in total. The summed E-state index contributed by atoms with van der Waals surface area (Å²) in [7, 11) is 2.20. The number of carbonyl (C=O) groups is 1. The van der Waals surface area contributed by atoms with Crippen molar-refractivity contribution in [3.63, 3.8) is 0 Å². The molecular weight excluding hydrogens is 378 g/mol. The summed E-state index contributed by atoms with van der Waals surface area (Å²) in [5.41, 5.74) is 3.25. The first-order valence-corrected chi connectivity index (χ1v) is 11.0. The molecule has 0 radical (unpaired) electrons. The van der Waals surface area contributed by atoms with Crippen molar-refractivity contribution in [1.82, 2.24) is 14.4 Å². The van der Waals surface area contributed by atoms with Crippen LogP contribution in [0, 0.1) is 5.92 Å². The van der Waals surface area contributed by atoms with Crippen LogP contribution in [0.5, 0.6) is 0 Å². The van der Waals surface area contributed by atoms with Crippen molar-refractivity contribution in [3.8, 4) is 11.1 Å². The molecule has 3 aliphatic heterocycles. The summed E-state index contributed by atoms with van der Waals surface area (Å²) in [6.07, 6.45) is 3.63. The largest absolute Gasteiger partial charge is 0.478 e. The highest BCUT2D eigenvalue weighted by molar-refractivity contribution is 5.88. The first-order valence-electron chi connectivity index (χ1n) is 11.0. The minimum absolute atomic E-state index is 0.0623. The molecule has 5 rings (SSSR count). The van der Waals surface area contributed by atoms with Crippen LogP contribution in [0.3, 0.4) is 0 Å². The number of benzene rings is 1. The Morgan fingerprint density at radius 1 is 1.00 bits per heavy atom. The Hall–Kier alpha value is -2.44. The molecule has 2 saturated heterocycles. The fourth-order valence-electron chi connectivity index (χ4n) is 5.63. The van der Waals surface area contributed by atoms with Gasteiger partial charge in [-0.2, -0.15) is 0 Å². The second-order valence-electron chi connectivity index (χ2n) is 9.29. The zero-order valence-corrected chi connectivity index (χ0v) is 17.5. The quantitative estimate of drug-likeness (QED) is 0.848. The number of carboxylic acid groups (broad SMARTS) is 1. The van der Waals surface area contributed by atoms with Gasteiger partial charge in [0, 0.05) is 43.4 Å². The van der Waals surface area contributed by atoms with Crippen molar-refractivity contribution in [2.24, 2.45) is 5.92 Å². The Bertz CT molecular complexity index is 1010. The zero-order valence-electron chi connectivity index (χ0n) is 17.5. The summed E-state index contributed by atoms with van der Waals surface area (Å²) < 4.78 is 1.99. The molecule has 0 unspecified atom stereocenters. The van der Waals surface area contributed by atoms with Gasteiger partial charge < -0.3 is 14.6 Å². The van der Waals surface area contributed by atoms with Gasteiger partial charge in [0.25, 0.3) is 5.56 Å². The maximum atomic E-state index is 12.9. The molecule has 0 aliphatic carbocycles. The van der Waals surface area contributed by atoms with Gasteiger partial charge in [-0.05, 0) is 74.6 Å². The third kappa shape index (κ3) is 3.59. The fourth-order valence-corrected chi connectivity index (χ4v) is 5.63. The average Bonchev–Trinajstić information content (AvgIpc) is 2.75. The number of hydrogen-bond donors (Lipinski definition) is 1. The van der Waals surface area contributed by atoms with Gasteiger partial charge in [-0.25, -0.2) is 4.79 Å². The monoisotopic (exact) mass is 407 g/mol. The smallest absolute Gasteiger partial charge is 0.335 e. The molecule has 3 aliphatic rings. The number of likely N-dealkylation sites (tertiary alicyclic amines) is 2. The molecule has 2 fully saturated rings. The highest BCUT2D eigenvalue weighted by Crippen LogP contribution is 2.38. The van der Waals surface area contributed by atoms with E-state index in [2.05, 4.69) is 22.9 Å². The number of pyridine rings is 1. The molecule has 0 amide bonds. The molecule has 4 heterocycles. The highest BCUT2D eigenvalue weighted by atomic mass is 16.4. The van der Waals surface area contributed by atoms with Crippen LogP contribution in [-0.4, -0.2) is 64.7 Å². The second kappa shape index (κ2) is 7.67. The summed E-state index contributed by atoms with van der Waals surface area (Å²) in [5.74, 6) is 0.00621. The molecule has 158 valence electrons. The average molecular weight is 408 g/mol. The van der Waals surface area contributed by atoms with Gasteiger partial charge in [0.05, 0.1) is 5.56 Å². The van der Waals surface area contributed by atoms with Gasteiger partial charge in [-0.3, -0.25) is 9.69 Å². The standard InChI is InChI=1S/C24H29N3O3/c1-25-8-6-21(7-9-25)26-13-16-10-20(15-26)22-11-19(12-23(28)27(22)14-16)17-2-4-18(5-3-17)24(29)30/h2-5,11-12,16,20-21H,6-10,13-15H2,1H3,(H,29,30)/t16-,20+/m0/s1. The Labute approximate surface area is 176 Å². The van der Waals surface area contributed by atoms with Crippen LogP contribution >= 0.6 is 0 Å². The van der Waals surface area contributed by atoms with Gasteiger partial charge in [0.1, 0.15) is 0 Å². The number of nitrogens with zero attached hydrogens (tertiary/aromatic N) is 3. The topological polar surface area (TPSA) is 65.8 Å². The van der Waals surface area contributed by atoms with E-state index in [1.54, 1.807) is 30.3 Å². The normalized spacial score (nSPS) is 25.1. The number of aromatic carboxylic acids is 1. The molecular formula is C24H29N3O3. The van der Waals surface area contributed by atoms with Crippen molar-refractivity contribution in [3.05, 3.63) is 58.0 Å². The Kier molecular flexibility index (Phi) is 4.99. The third-order valence-electron chi connectivity index (χ3n) is 7.25. The maximum Gasteiger partial charge on any atom is 0.335 e. The van der Waals surface area contributed by atoms with Gasteiger partial charge in [0.2, 0.25) is 0 Å². The van der Waals surface area contributed by atoms with Crippen LogP contribution in [0.25, 0.3) is 11.1 Å². The lowest BCUT2D eigenvalue weighted by Crippen LogP contribution is -2.52. The van der Waals surface area contributed by atoms with E-state index in [4.69, 9.17) is 5.11 Å². The van der Waals surface area contributed by atoms with Crippen molar-refractivity contribution in [2.45, 2.75) is 37.8 Å². The maximum absolute atomic E-state index is 12.9. The van der Waals surface area contributed by atoms with E-state index >= 15 is 0 Å². The van der Waals surface area contributed by atoms with Crippen molar-refractivity contribution < 1.29 is 9.90 Å². The summed E-state index contributed by atoms with van der Waals surface area (Å²) in [6, 6.07) is 11.3. The number of hydrogen-bond acceptors (Lipinski definition) is 4. The molecule has 1 aromatic carbocycles. The van der Waals surface area contributed by atoms with E-state index in [0.717, 1.165) is 42.9 Å². The predicted molar refractivity (Wildman–Crippen MR) is 116 cm³/mol. The zero-order chi connectivity index (χ0) is 20.8. The molecule has 0 spiro atoms. The van der Waals surface area contributed by atoms with Crippen molar-refractivity contribution in [2.75, 3.05) is 33.2 Å². The number of carboxylic acids is 1. The number of rotatable bonds is 3. The molecule has 30 heavy (non-hydrogen) atoms. The fraction of sp³-hybridized carbons (Fsp3) is 0.500. The lowest BCUT2D eigenvalue weighted by molar-refractivity contribution is 0.0517. The van der Waals surface area contributed by atoms with Crippen LogP contribution in [0.4, 0.5) is 0 Å². The Morgan fingerprint density at radius 3 is 2.43 bits per heavy atom. The SMILES string of the molecule is CN1CCC(N2C[C@@H]3C[C@H](C2)c2cc(-c4ccc(C(=O)O)cc4)cc(=O)n2C3)CC1. The molecule has 0 saturated carbocycles. The van der Waals surface area contributed by atoms with Gasteiger partial charge in [-0.1, -0.05) is 12.1 Å². The molecule has 2 atom stereocenters. The molecule has 6 heteroatoms. The van der Waals surface area contributed by atoms with Gasteiger partial charge in [-0.15, -0.1) is 0 Å². The molecule has 1 aromatic heterocycles. The summed E-state index contributed by atoms with van der Waals surface area (Å²) in [6.45, 7) is 5.29. The van der Waals surface area contributed by atoms with Crippen LogP contribution in [0.1, 0.15) is 41.2 Å². The minimum Gasteiger partial charge on any atom is -0.478 e. The Morgan fingerprint density at radius 2 is 1.73 bits per heavy atom. The van der Waals surface area contributed by atoms with E-state index in [1.165, 1.54) is 25.9 Å². The van der Waals surface area contributed by atoms with Crippen molar-refractivity contribution in [1.29, 1.82) is 0 Å². The molecule has 6 nitrogen and oxygen atoms in total. The van der Waals surface area contributed by atoms with E-state index in [0.29, 0.717) is 17.9 Å². The number of aromatic nitrogens is 1. The van der Waals surface area contributed by atoms with Crippen molar-refractivity contribution >= 4 is 5.97 Å². The predicted octanol–water partition coefficient (Wildman–Crippen LogP) is 2.73. The van der Waals surface area contributed by atoms with Crippen LogP contribution in [0.15, 0.2) is 41.2 Å². The minimum atomic E-state index is -0.936. The summed E-state index contributed by atoms with van der Waals surface area (Å²) in [4.78, 5) is 29.2. The van der Waals surface area contributed by atoms with E-state index in [9.17, 15) is 9.59 Å². The second-order valence-corrected chi connectivity index (χ2v) is 9.29. The van der Waals surface area contributed by atoms with Gasteiger partial charge >= 0.3 is 5.97 Å². The highest BCUT2D eigenvalue weighted by Gasteiger charge is 2.37. The third-order valence-corrected chi connectivity index (χ3v) is 7.25. The van der Waals surface area contributed by atoms with E-state index < -0.39 is 5.97 Å². The van der Waals surface area contributed by atoms with Crippen LogP contribution in [0.2, 0.25) is 0 Å². The summed E-state index contributed by atoms with van der Waals surface area (Å²) in [5, 5.41) is 9.13. The molecule has 2 bridgehead atoms. The number of piperidine rings is 2. The van der Waals surface area contributed by atoms with Gasteiger partial charge in [0.15, 0.2) is 0 Å². The van der Waals surface area contributed by atoms with E-state index in [1.807, 2.05) is 4.57 Å². The molecule has 2 aromatic rings. The first kappa shape index (κ1) is 19.5.